The molecule has 0 radical (unpaired) electrons. The first kappa shape index (κ1) is 8.46. The molecule has 1 rings (SSSR count). The zero-order valence-electron chi connectivity index (χ0n) is 6.94. The normalized spacial score (nSPS) is 12.2. The zero-order valence-corrected chi connectivity index (χ0v) is 6.94. The van der Waals surface area contributed by atoms with Gasteiger partial charge in [0.1, 0.15) is 5.84 Å². The number of rotatable bonds is 1. The van der Waals surface area contributed by atoms with E-state index in [2.05, 4.69) is 10.1 Å². The lowest BCUT2D eigenvalue weighted by Crippen LogP contribution is -1.92. The average Bonchev–Trinajstić information content (AvgIpc) is 2.16. The van der Waals surface area contributed by atoms with E-state index in [0.717, 1.165) is 5.56 Å². The fourth-order valence-corrected chi connectivity index (χ4v) is 0.740. The minimum absolute atomic E-state index is 0.568. The molecule has 2 N–H and O–H groups in total. The molecule has 12 heavy (non-hydrogen) atoms. The van der Waals surface area contributed by atoms with Crippen molar-refractivity contribution in [3.8, 4) is 0 Å². The number of nitrogens with two attached hydrogens (primary N) is 1. The van der Waals surface area contributed by atoms with Crippen LogP contribution in [0.5, 0.6) is 0 Å². The van der Waals surface area contributed by atoms with Gasteiger partial charge < -0.3 is 5.84 Å². The van der Waals surface area contributed by atoms with E-state index in [1.165, 1.54) is 0 Å². The Balaban J connectivity index is 2.70. The molecule has 0 fully saturated rings. The first-order valence-electron chi connectivity index (χ1n) is 3.66. The first-order chi connectivity index (χ1) is 5.83. The van der Waals surface area contributed by atoms with E-state index in [1.54, 1.807) is 13.1 Å². The van der Waals surface area contributed by atoms with Crippen LogP contribution < -0.4 is 5.84 Å². The van der Waals surface area contributed by atoms with E-state index in [4.69, 9.17) is 5.84 Å². The summed E-state index contributed by atoms with van der Waals surface area (Å²) in [5.74, 6) is 5.58. The molecule has 0 saturated carbocycles. The largest absolute Gasteiger partial charge is 0.322 e. The minimum atomic E-state index is 0.568. The van der Waals surface area contributed by atoms with Crippen LogP contribution in [0.2, 0.25) is 0 Å². The van der Waals surface area contributed by atoms with Gasteiger partial charge in [-0.25, -0.2) is 4.99 Å². The van der Waals surface area contributed by atoms with Crippen molar-refractivity contribution in [3.05, 3.63) is 35.9 Å². The summed E-state index contributed by atoms with van der Waals surface area (Å²) in [7, 11) is 0. The lowest BCUT2D eigenvalue weighted by atomic mass is 10.2. The Kier molecular flexibility index (Phi) is 3.02. The van der Waals surface area contributed by atoms with E-state index in [-0.39, 0.29) is 0 Å². The van der Waals surface area contributed by atoms with Crippen molar-refractivity contribution in [1.82, 2.24) is 0 Å². The molecule has 3 heteroatoms. The fraction of sp³-hybridized carbons (Fsp3) is 0.111. The molecule has 0 atom stereocenters. The smallest absolute Gasteiger partial charge is 0.144 e. The highest BCUT2D eigenvalue weighted by molar-refractivity contribution is 5.93. The lowest BCUT2D eigenvalue weighted by molar-refractivity contribution is 1.22. The number of amidine groups is 1. The highest BCUT2D eigenvalue weighted by Crippen LogP contribution is 1.93. The molecule has 0 bridgehead atoms. The zero-order chi connectivity index (χ0) is 8.81. The molecule has 62 valence electrons. The summed E-state index contributed by atoms with van der Waals surface area (Å²) in [6, 6.07) is 9.80. The SMILES string of the molecule is C/C(N=Cc1ccccc1)=N/N. The molecule has 0 heterocycles. The van der Waals surface area contributed by atoms with Crippen LogP contribution in [0, 0.1) is 0 Å². The Bertz CT molecular complexity index is 288. The summed E-state index contributed by atoms with van der Waals surface area (Å²) in [6.45, 7) is 1.75. The van der Waals surface area contributed by atoms with Crippen LogP contribution in [-0.4, -0.2) is 12.1 Å². The summed E-state index contributed by atoms with van der Waals surface area (Å²) >= 11 is 0. The predicted molar refractivity (Wildman–Crippen MR) is 51.3 cm³/mol. The molecular weight excluding hydrogens is 150 g/mol. The van der Waals surface area contributed by atoms with Crippen molar-refractivity contribution in [2.75, 3.05) is 0 Å². The third-order valence-electron chi connectivity index (χ3n) is 1.39. The second-order valence-electron chi connectivity index (χ2n) is 2.35. The maximum atomic E-state index is 5.01. The molecule has 0 aromatic heterocycles. The standard InChI is InChI=1S/C9H11N3/c1-8(12-10)11-7-9-5-3-2-4-6-9/h2-7H,10H2,1H3/b11-7?,12-8-. The molecule has 3 nitrogen and oxygen atoms in total. The Hall–Kier alpha value is -1.64. The van der Waals surface area contributed by atoms with Gasteiger partial charge in [0.25, 0.3) is 0 Å². The maximum absolute atomic E-state index is 5.01. The van der Waals surface area contributed by atoms with Crippen LogP contribution in [-0.2, 0) is 0 Å². The number of hydrazone groups is 1. The quantitative estimate of drug-likeness (QED) is 0.288. The second kappa shape index (κ2) is 4.28. The van der Waals surface area contributed by atoms with Crippen LogP contribution >= 0.6 is 0 Å². The third kappa shape index (κ3) is 2.54. The van der Waals surface area contributed by atoms with E-state index in [0.29, 0.717) is 5.84 Å². The maximum Gasteiger partial charge on any atom is 0.144 e. The number of aliphatic imine (C=N–C) groups is 1. The molecule has 0 saturated heterocycles. The molecule has 0 aliphatic carbocycles. The molecule has 0 spiro atoms. The van der Waals surface area contributed by atoms with Crippen LogP contribution in [0.25, 0.3) is 0 Å². The van der Waals surface area contributed by atoms with Gasteiger partial charge in [-0.1, -0.05) is 30.3 Å². The van der Waals surface area contributed by atoms with Crippen molar-refractivity contribution in [3.63, 3.8) is 0 Å². The minimum Gasteiger partial charge on any atom is -0.322 e. The van der Waals surface area contributed by atoms with Crippen LogP contribution in [0.4, 0.5) is 0 Å². The van der Waals surface area contributed by atoms with E-state index < -0.39 is 0 Å². The van der Waals surface area contributed by atoms with Crippen molar-refractivity contribution < 1.29 is 0 Å². The van der Waals surface area contributed by atoms with Gasteiger partial charge >= 0.3 is 0 Å². The van der Waals surface area contributed by atoms with Gasteiger partial charge in [-0.05, 0) is 12.5 Å². The van der Waals surface area contributed by atoms with Gasteiger partial charge in [0, 0.05) is 6.21 Å². The molecule has 1 aromatic rings. The summed E-state index contributed by atoms with van der Waals surface area (Å²) in [6.07, 6.45) is 1.73. The molecule has 0 aliphatic rings. The summed E-state index contributed by atoms with van der Waals surface area (Å²) in [5.41, 5.74) is 1.04. The van der Waals surface area contributed by atoms with Gasteiger partial charge in [0.05, 0.1) is 0 Å². The highest BCUT2D eigenvalue weighted by Gasteiger charge is 1.84. The molecule has 0 aliphatic heterocycles. The number of nitrogens with zero attached hydrogens (tertiary/aromatic N) is 2. The topological polar surface area (TPSA) is 50.7 Å². The number of hydrogen-bond donors (Lipinski definition) is 1. The van der Waals surface area contributed by atoms with Gasteiger partial charge in [0.2, 0.25) is 0 Å². The Labute approximate surface area is 71.6 Å². The van der Waals surface area contributed by atoms with Crippen molar-refractivity contribution in [2.24, 2.45) is 15.9 Å². The van der Waals surface area contributed by atoms with Crippen LogP contribution in [0.3, 0.4) is 0 Å². The van der Waals surface area contributed by atoms with E-state index >= 15 is 0 Å². The van der Waals surface area contributed by atoms with Crippen molar-refractivity contribution >= 4 is 12.1 Å². The lowest BCUT2D eigenvalue weighted by Gasteiger charge is -1.90. The van der Waals surface area contributed by atoms with E-state index in [9.17, 15) is 0 Å². The molecule has 0 unspecified atom stereocenters. The average molecular weight is 161 g/mol. The predicted octanol–water partition coefficient (Wildman–Crippen LogP) is 1.40. The molecular formula is C9H11N3. The van der Waals surface area contributed by atoms with Gasteiger partial charge in [-0.2, -0.15) is 5.10 Å². The third-order valence-corrected chi connectivity index (χ3v) is 1.39. The number of benzene rings is 1. The van der Waals surface area contributed by atoms with E-state index in [1.807, 2.05) is 30.3 Å². The Morgan fingerprint density at radius 3 is 2.58 bits per heavy atom. The number of hydrogen-bond acceptors (Lipinski definition) is 2. The van der Waals surface area contributed by atoms with Crippen molar-refractivity contribution in [1.29, 1.82) is 0 Å². The van der Waals surface area contributed by atoms with Crippen molar-refractivity contribution in [2.45, 2.75) is 6.92 Å². The molecule has 1 aromatic carbocycles. The van der Waals surface area contributed by atoms with Crippen LogP contribution in [0.15, 0.2) is 40.4 Å². The Morgan fingerprint density at radius 2 is 2.00 bits per heavy atom. The van der Waals surface area contributed by atoms with Gasteiger partial charge in [-0.3, -0.25) is 0 Å². The summed E-state index contributed by atoms with van der Waals surface area (Å²) in [5, 5.41) is 3.42. The van der Waals surface area contributed by atoms with Crippen LogP contribution in [0.1, 0.15) is 12.5 Å². The summed E-state index contributed by atoms with van der Waals surface area (Å²) < 4.78 is 0. The molecule has 0 amide bonds. The fourth-order valence-electron chi connectivity index (χ4n) is 0.740. The summed E-state index contributed by atoms with van der Waals surface area (Å²) in [4.78, 5) is 4.01. The van der Waals surface area contributed by atoms with Gasteiger partial charge in [0.15, 0.2) is 0 Å². The van der Waals surface area contributed by atoms with Gasteiger partial charge in [-0.15, -0.1) is 0 Å². The monoisotopic (exact) mass is 161 g/mol. The first-order valence-corrected chi connectivity index (χ1v) is 3.66. The highest BCUT2D eigenvalue weighted by atomic mass is 15.2. The second-order valence-corrected chi connectivity index (χ2v) is 2.35. The Morgan fingerprint density at radius 1 is 1.33 bits per heavy atom.